The first-order chi connectivity index (χ1) is 9.65. The van der Waals surface area contributed by atoms with Gasteiger partial charge >= 0.3 is 0 Å². The second kappa shape index (κ2) is 4.85. The van der Waals surface area contributed by atoms with E-state index in [0.29, 0.717) is 5.69 Å². The first kappa shape index (κ1) is 12.5. The van der Waals surface area contributed by atoms with E-state index in [2.05, 4.69) is 42.3 Å². The minimum atomic E-state index is 0.655. The van der Waals surface area contributed by atoms with Crippen LogP contribution >= 0.6 is 0 Å². The second-order valence-electron chi connectivity index (χ2n) is 5.03. The fraction of sp³-hybridized carbons (Fsp3) is 0.118. The minimum absolute atomic E-state index is 0.655. The maximum atomic E-state index is 6.08. The summed E-state index contributed by atoms with van der Waals surface area (Å²) in [6.45, 7) is 4.21. The molecule has 0 amide bonds. The zero-order valence-corrected chi connectivity index (χ0v) is 11.6. The van der Waals surface area contributed by atoms with Crippen LogP contribution in [0.15, 0.2) is 48.7 Å². The Morgan fingerprint density at radius 1 is 1.00 bits per heavy atom. The van der Waals surface area contributed by atoms with Gasteiger partial charge in [0.1, 0.15) is 0 Å². The summed E-state index contributed by atoms with van der Waals surface area (Å²) in [4.78, 5) is 4.35. The number of pyridine rings is 1. The number of anilines is 3. The summed E-state index contributed by atoms with van der Waals surface area (Å²) in [5.74, 6) is 0. The van der Waals surface area contributed by atoms with Gasteiger partial charge in [0.05, 0.1) is 23.1 Å². The van der Waals surface area contributed by atoms with Crippen molar-refractivity contribution in [3.63, 3.8) is 0 Å². The molecule has 0 atom stereocenters. The summed E-state index contributed by atoms with van der Waals surface area (Å²) in [6.07, 6.45) is 1.70. The van der Waals surface area contributed by atoms with Gasteiger partial charge in [-0.25, -0.2) is 0 Å². The molecular formula is C17H17N3. The standard InChI is InChI=1S/C17H17N3/c1-11-7-8-13(9-12(11)2)20-17-14-5-3-4-6-16(14)19-10-15(17)18/h3-10H,18H2,1-2H3,(H,19,20). The van der Waals surface area contributed by atoms with Crippen LogP contribution in [-0.4, -0.2) is 4.98 Å². The van der Waals surface area contributed by atoms with Gasteiger partial charge in [-0.15, -0.1) is 0 Å². The number of aryl methyl sites for hydroxylation is 2. The largest absolute Gasteiger partial charge is 0.396 e. The van der Waals surface area contributed by atoms with Crippen LogP contribution in [0.5, 0.6) is 0 Å². The Labute approximate surface area is 118 Å². The van der Waals surface area contributed by atoms with Crippen molar-refractivity contribution >= 4 is 28.0 Å². The molecule has 1 heterocycles. The van der Waals surface area contributed by atoms with Crippen molar-refractivity contribution in [3.8, 4) is 0 Å². The zero-order chi connectivity index (χ0) is 14.1. The molecule has 3 aromatic rings. The van der Waals surface area contributed by atoms with E-state index in [0.717, 1.165) is 22.3 Å². The quantitative estimate of drug-likeness (QED) is 0.729. The molecule has 0 spiro atoms. The number of nitrogen functional groups attached to an aromatic ring is 1. The van der Waals surface area contributed by atoms with Gasteiger partial charge in [-0.2, -0.15) is 0 Å². The van der Waals surface area contributed by atoms with Crippen molar-refractivity contribution in [2.45, 2.75) is 13.8 Å². The molecule has 0 aliphatic heterocycles. The van der Waals surface area contributed by atoms with Gasteiger partial charge in [-0.05, 0) is 43.2 Å². The Kier molecular flexibility index (Phi) is 3.03. The summed E-state index contributed by atoms with van der Waals surface area (Å²) in [7, 11) is 0. The number of fused-ring (bicyclic) bond motifs is 1. The van der Waals surface area contributed by atoms with Crippen molar-refractivity contribution in [2.24, 2.45) is 0 Å². The molecule has 3 rings (SSSR count). The maximum Gasteiger partial charge on any atom is 0.0746 e. The van der Waals surface area contributed by atoms with E-state index in [1.807, 2.05) is 24.3 Å². The third kappa shape index (κ3) is 2.18. The molecule has 3 N–H and O–H groups in total. The third-order valence-electron chi connectivity index (χ3n) is 3.58. The van der Waals surface area contributed by atoms with Crippen molar-refractivity contribution in [1.82, 2.24) is 4.98 Å². The lowest BCUT2D eigenvalue weighted by Crippen LogP contribution is -1.99. The molecule has 0 saturated heterocycles. The van der Waals surface area contributed by atoms with Crippen LogP contribution in [0.1, 0.15) is 11.1 Å². The molecule has 0 bridgehead atoms. The molecular weight excluding hydrogens is 246 g/mol. The number of hydrogen-bond acceptors (Lipinski definition) is 3. The number of para-hydroxylation sites is 1. The molecule has 0 saturated carbocycles. The van der Waals surface area contributed by atoms with Gasteiger partial charge in [-0.3, -0.25) is 4.98 Å². The van der Waals surface area contributed by atoms with Gasteiger partial charge in [0.15, 0.2) is 0 Å². The fourth-order valence-electron chi connectivity index (χ4n) is 2.26. The van der Waals surface area contributed by atoms with Crippen molar-refractivity contribution in [1.29, 1.82) is 0 Å². The van der Waals surface area contributed by atoms with Crippen LogP contribution < -0.4 is 11.1 Å². The van der Waals surface area contributed by atoms with E-state index in [4.69, 9.17) is 5.73 Å². The number of rotatable bonds is 2. The molecule has 2 aromatic carbocycles. The maximum absolute atomic E-state index is 6.08. The normalized spacial score (nSPS) is 10.7. The predicted molar refractivity (Wildman–Crippen MR) is 85.4 cm³/mol. The molecule has 0 radical (unpaired) electrons. The summed E-state index contributed by atoms with van der Waals surface area (Å²) < 4.78 is 0. The van der Waals surface area contributed by atoms with E-state index >= 15 is 0 Å². The van der Waals surface area contributed by atoms with E-state index in [1.165, 1.54) is 11.1 Å². The van der Waals surface area contributed by atoms with E-state index < -0.39 is 0 Å². The molecule has 3 heteroatoms. The smallest absolute Gasteiger partial charge is 0.0746 e. The fourth-order valence-corrected chi connectivity index (χ4v) is 2.26. The van der Waals surface area contributed by atoms with Crippen LogP contribution in [0.25, 0.3) is 10.9 Å². The number of hydrogen-bond donors (Lipinski definition) is 2. The lowest BCUT2D eigenvalue weighted by Gasteiger charge is -2.13. The third-order valence-corrected chi connectivity index (χ3v) is 3.58. The van der Waals surface area contributed by atoms with Gasteiger partial charge < -0.3 is 11.1 Å². The minimum Gasteiger partial charge on any atom is -0.396 e. The average molecular weight is 263 g/mol. The predicted octanol–water partition coefficient (Wildman–Crippen LogP) is 4.18. The lowest BCUT2D eigenvalue weighted by molar-refractivity contribution is 1.33. The van der Waals surface area contributed by atoms with Crippen molar-refractivity contribution < 1.29 is 0 Å². The highest BCUT2D eigenvalue weighted by Crippen LogP contribution is 2.30. The van der Waals surface area contributed by atoms with E-state index in [-0.39, 0.29) is 0 Å². The van der Waals surface area contributed by atoms with E-state index in [1.54, 1.807) is 6.20 Å². The number of nitrogens with one attached hydrogen (secondary N) is 1. The van der Waals surface area contributed by atoms with Crippen LogP contribution in [0, 0.1) is 13.8 Å². The molecule has 0 aliphatic carbocycles. The molecule has 1 aromatic heterocycles. The molecule has 20 heavy (non-hydrogen) atoms. The van der Waals surface area contributed by atoms with Crippen LogP contribution in [-0.2, 0) is 0 Å². The molecule has 100 valence electrons. The number of nitrogens with zero attached hydrogens (tertiary/aromatic N) is 1. The van der Waals surface area contributed by atoms with Gasteiger partial charge in [-0.1, -0.05) is 24.3 Å². The zero-order valence-electron chi connectivity index (χ0n) is 11.6. The van der Waals surface area contributed by atoms with Crippen molar-refractivity contribution in [2.75, 3.05) is 11.1 Å². The van der Waals surface area contributed by atoms with Crippen LogP contribution in [0.4, 0.5) is 17.1 Å². The van der Waals surface area contributed by atoms with Gasteiger partial charge in [0.2, 0.25) is 0 Å². The number of nitrogens with two attached hydrogens (primary N) is 1. The van der Waals surface area contributed by atoms with Gasteiger partial charge in [0, 0.05) is 11.1 Å². The first-order valence-electron chi connectivity index (χ1n) is 6.62. The SMILES string of the molecule is Cc1ccc(Nc2c(N)cnc3ccccc23)cc1C. The molecule has 3 nitrogen and oxygen atoms in total. The highest BCUT2D eigenvalue weighted by Gasteiger charge is 2.07. The number of aromatic nitrogens is 1. The summed E-state index contributed by atoms with van der Waals surface area (Å²) in [5, 5.41) is 4.45. The van der Waals surface area contributed by atoms with Crippen LogP contribution in [0.3, 0.4) is 0 Å². The summed E-state index contributed by atoms with van der Waals surface area (Å²) in [5.41, 5.74) is 12.2. The Morgan fingerprint density at radius 2 is 1.80 bits per heavy atom. The molecule has 0 unspecified atom stereocenters. The Hall–Kier alpha value is -2.55. The Balaban J connectivity index is 2.10. The lowest BCUT2D eigenvalue weighted by atomic mass is 10.1. The van der Waals surface area contributed by atoms with E-state index in [9.17, 15) is 0 Å². The molecule has 0 aliphatic rings. The average Bonchev–Trinajstić information content (AvgIpc) is 2.46. The number of benzene rings is 2. The van der Waals surface area contributed by atoms with Crippen molar-refractivity contribution in [3.05, 3.63) is 59.8 Å². The van der Waals surface area contributed by atoms with Gasteiger partial charge in [0.25, 0.3) is 0 Å². The first-order valence-corrected chi connectivity index (χ1v) is 6.62. The monoisotopic (exact) mass is 263 g/mol. The summed E-state index contributed by atoms with van der Waals surface area (Å²) in [6, 6.07) is 14.3. The highest BCUT2D eigenvalue weighted by atomic mass is 14.9. The van der Waals surface area contributed by atoms with Crippen LogP contribution in [0.2, 0.25) is 0 Å². The molecule has 0 fully saturated rings. The Morgan fingerprint density at radius 3 is 2.60 bits per heavy atom. The highest BCUT2D eigenvalue weighted by molar-refractivity contribution is 5.98. The summed E-state index contributed by atoms with van der Waals surface area (Å²) >= 11 is 0. The second-order valence-corrected chi connectivity index (χ2v) is 5.03. The topological polar surface area (TPSA) is 50.9 Å². The Bertz CT molecular complexity index is 778.